The van der Waals surface area contributed by atoms with Crippen molar-refractivity contribution in [2.45, 2.75) is 37.6 Å². The number of halogens is 1. The number of hydrogen-bond donors (Lipinski definition) is 1. The van der Waals surface area contributed by atoms with Crippen LogP contribution in [0.4, 0.5) is 4.39 Å². The maximum Gasteiger partial charge on any atom is 0.198 e. The zero-order valence-corrected chi connectivity index (χ0v) is 9.53. The normalized spacial score (nSPS) is 25.3. The standard InChI is InChI=1S/C13H15FN2O/c14-9-4-5-12-11(7-9)16-13(17-12)8-2-1-3-10(15)6-8/h4-5,7-8,10H,1-3,6,15H2. The highest BCUT2D eigenvalue weighted by atomic mass is 19.1. The van der Waals surface area contributed by atoms with Crippen LogP contribution in [0, 0.1) is 5.82 Å². The Labute approximate surface area is 98.8 Å². The van der Waals surface area contributed by atoms with Gasteiger partial charge in [0, 0.05) is 18.0 Å². The van der Waals surface area contributed by atoms with E-state index in [0.717, 1.165) is 25.7 Å². The monoisotopic (exact) mass is 234 g/mol. The Morgan fingerprint density at radius 3 is 3.06 bits per heavy atom. The fourth-order valence-electron chi connectivity index (χ4n) is 2.54. The van der Waals surface area contributed by atoms with Crippen LogP contribution < -0.4 is 5.73 Å². The lowest BCUT2D eigenvalue weighted by Crippen LogP contribution is -2.26. The summed E-state index contributed by atoms with van der Waals surface area (Å²) in [5, 5.41) is 0. The Balaban J connectivity index is 1.94. The third-order valence-corrected chi connectivity index (χ3v) is 3.43. The smallest absolute Gasteiger partial charge is 0.198 e. The Kier molecular flexibility index (Phi) is 2.59. The van der Waals surface area contributed by atoms with E-state index in [0.29, 0.717) is 17.0 Å². The average molecular weight is 234 g/mol. The summed E-state index contributed by atoms with van der Waals surface area (Å²) in [5.41, 5.74) is 7.20. The number of benzene rings is 1. The second-order valence-corrected chi connectivity index (χ2v) is 4.79. The minimum atomic E-state index is -0.280. The largest absolute Gasteiger partial charge is 0.440 e. The van der Waals surface area contributed by atoms with E-state index < -0.39 is 0 Å². The molecule has 4 heteroatoms. The van der Waals surface area contributed by atoms with Gasteiger partial charge in [-0.25, -0.2) is 9.37 Å². The lowest BCUT2D eigenvalue weighted by Gasteiger charge is -2.23. The molecule has 1 fully saturated rings. The summed E-state index contributed by atoms with van der Waals surface area (Å²) in [6.07, 6.45) is 4.16. The lowest BCUT2D eigenvalue weighted by atomic mass is 9.86. The fraction of sp³-hybridized carbons (Fsp3) is 0.462. The van der Waals surface area contributed by atoms with Crippen LogP contribution in [0.5, 0.6) is 0 Å². The third-order valence-electron chi connectivity index (χ3n) is 3.43. The maximum absolute atomic E-state index is 13.0. The van der Waals surface area contributed by atoms with Gasteiger partial charge in [-0.05, 0) is 31.4 Å². The highest BCUT2D eigenvalue weighted by molar-refractivity contribution is 5.72. The summed E-state index contributed by atoms with van der Waals surface area (Å²) >= 11 is 0. The molecule has 1 aliphatic rings. The molecule has 2 aromatic rings. The van der Waals surface area contributed by atoms with Crippen molar-refractivity contribution in [3.63, 3.8) is 0 Å². The number of oxazole rings is 1. The molecule has 1 aliphatic carbocycles. The van der Waals surface area contributed by atoms with Crippen LogP contribution in [0.15, 0.2) is 22.6 Å². The highest BCUT2D eigenvalue weighted by Crippen LogP contribution is 2.33. The van der Waals surface area contributed by atoms with Gasteiger partial charge in [-0.15, -0.1) is 0 Å². The van der Waals surface area contributed by atoms with Crippen molar-refractivity contribution in [1.82, 2.24) is 4.98 Å². The van der Waals surface area contributed by atoms with E-state index in [-0.39, 0.29) is 17.8 Å². The van der Waals surface area contributed by atoms with Gasteiger partial charge in [-0.3, -0.25) is 0 Å². The van der Waals surface area contributed by atoms with E-state index in [1.807, 2.05) is 0 Å². The molecule has 0 bridgehead atoms. The summed E-state index contributed by atoms with van der Waals surface area (Å²) in [4.78, 5) is 4.37. The van der Waals surface area contributed by atoms with Gasteiger partial charge in [0.05, 0.1) is 0 Å². The van der Waals surface area contributed by atoms with Crippen LogP contribution in [-0.4, -0.2) is 11.0 Å². The average Bonchev–Trinajstić information content (AvgIpc) is 2.72. The van der Waals surface area contributed by atoms with Crippen molar-refractivity contribution in [2.75, 3.05) is 0 Å². The first-order valence-corrected chi connectivity index (χ1v) is 6.04. The molecule has 90 valence electrons. The van der Waals surface area contributed by atoms with Crippen LogP contribution in [0.3, 0.4) is 0 Å². The highest BCUT2D eigenvalue weighted by Gasteiger charge is 2.24. The number of nitrogens with zero attached hydrogens (tertiary/aromatic N) is 1. The SMILES string of the molecule is NC1CCCC(c2nc3cc(F)ccc3o2)C1. The molecule has 0 amide bonds. The van der Waals surface area contributed by atoms with Gasteiger partial charge >= 0.3 is 0 Å². The van der Waals surface area contributed by atoms with Gasteiger partial charge in [0.2, 0.25) is 0 Å². The van der Waals surface area contributed by atoms with Crippen LogP contribution >= 0.6 is 0 Å². The van der Waals surface area contributed by atoms with Crippen LogP contribution in [0.25, 0.3) is 11.1 Å². The van der Waals surface area contributed by atoms with Crippen LogP contribution in [0.2, 0.25) is 0 Å². The fourth-order valence-corrected chi connectivity index (χ4v) is 2.54. The van der Waals surface area contributed by atoms with Gasteiger partial charge < -0.3 is 10.2 Å². The van der Waals surface area contributed by atoms with E-state index in [4.69, 9.17) is 10.2 Å². The van der Waals surface area contributed by atoms with Crippen LogP contribution in [0.1, 0.15) is 37.5 Å². The summed E-state index contributed by atoms with van der Waals surface area (Å²) in [7, 11) is 0. The molecule has 0 aliphatic heterocycles. The molecule has 0 spiro atoms. The Morgan fingerprint density at radius 1 is 1.35 bits per heavy atom. The predicted molar refractivity (Wildman–Crippen MR) is 63.2 cm³/mol. The zero-order valence-electron chi connectivity index (χ0n) is 9.53. The zero-order chi connectivity index (χ0) is 11.8. The molecule has 2 N–H and O–H groups in total. The minimum Gasteiger partial charge on any atom is -0.440 e. The summed E-state index contributed by atoms with van der Waals surface area (Å²) < 4.78 is 18.7. The number of hydrogen-bond acceptors (Lipinski definition) is 3. The Morgan fingerprint density at radius 2 is 2.24 bits per heavy atom. The van der Waals surface area contributed by atoms with E-state index in [1.165, 1.54) is 12.1 Å². The van der Waals surface area contributed by atoms with E-state index in [1.54, 1.807) is 6.07 Å². The number of rotatable bonds is 1. The van der Waals surface area contributed by atoms with Crippen molar-refractivity contribution < 1.29 is 8.81 Å². The molecule has 1 aromatic heterocycles. The topological polar surface area (TPSA) is 52.0 Å². The predicted octanol–water partition coefficient (Wildman–Crippen LogP) is 2.95. The Bertz CT molecular complexity index is 537. The second kappa shape index (κ2) is 4.11. The molecule has 1 heterocycles. The molecule has 1 aromatic carbocycles. The maximum atomic E-state index is 13.0. The van der Waals surface area contributed by atoms with E-state index in [9.17, 15) is 4.39 Å². The van der Waals surface area contributed by atoms with E-state index in [2.05, 4.69) is 4.98 Å². The van der Waals surface area contributed by atoms with Crippen LogP contribution in [-0.2, 0) is 0 Å². The van der Waals surface area contributed by atoms with Gasteiger partial charge in [0.15, 0.2) is 11.5 Å². The minimum absolute atomic E-state index is 0.237. The quantitative estimate of drug-likeness (QED) is 0.825. The third kappa shape index (κ3) is 2.05. The lowest BCUT2D eigenvalue weighted by molar-refractivity contribution is 0.343. The molecule has 2 unspecified atom stereocenters. The molecule has 2 atom stereocenters. The molecule has 3 nitrogen and oxygen atoms in total. The van der Waals surface area contributed by atoms with Gasteiger partial charge in [0.25, 0.3) is 0 Å². The molecule has 0 saturated heterocycles. The van der Waals surface area contributed by atoms with Crippen molar-refractivity contribution >= 4 is 11.1 Å². The molecular formula is C13H15FN2O. The molecule has 0 radical (unpaired) electrons. The first-order chi connectivity index (χ1) is 8.22. The van der Waals surface area contributed by atoms with Crippen molar-refractivity contribution in [3.8, 4) is 0 Å². The van der Waals surface area contributed by atoms with Gasteiger partial charge in [0.1, 0.15) is 11.3 Å². The summed E-state index contributed by atoms with van der Waals surface area (Å²) in [6, 6.07) is 4.67. The first-order valence-electron chi connectivity index (χ1n) is 6.04. The van der Waals surface area contributed by atoms with Crippen molar-refractivity contribution in [2.24, 2.45) is 5.73 Å². The Hall–Kier alpha value is -1.42. The summed E-state index contributed by atoms with van der Waals surface area (Å²) in [6.45, 7) is 0. The van der Waals surface area contributed by atoms with Gasteiger partial charge in [-0.1, -0.05) is 6.42 Å². The van der Waals surface area contributed by atoms with Crippen molar-refractivity contribution in [3.05, 3.63) is 29.9 Å². The molecule has 17 heavy (non-hydrogen) atoms. The number of fused-ring (bicyclic) bond motifs is 1. The van der Waals surface area contributed by atoms with E-state index >= 15 is 0 Å². The molecule has 1 saturated carbocycles. The van der Waals surface area contributed by atoms with Crippen molar-refractivity contribution in [1.29, 1.82) is 0 Å². The first kappa shape index (κ1) is 10.7. The van der Waals surface area contributed by atoms with Gasteiger partial charge in [-0.2, -0.15) is 0 Å². The molecular weight excluding hydrogens is 219 g/mol. The second-order valence-electron chi connectivity index (χ2n) is 4.79. The molecule has 3 rings (SSSR count). The number of aromatic nitrogens is 1. The number of nitrogens with two attached hydrogens (primary N) is 1. The summed E-state index contributed by atoms with van der Waals surface area (Å²) in [5.74, 6) is 0.715.